The zero-order chi connectivity index (χ0) is 16.3. The Labute approximate surface area is 158 Å². The van der Waals surface area contributed by atoms with Crippen molar-refractivity contribution in [3.05, 3.63) is 34.3 Å². The van der Waals surface area contributed by atoms with Gasteiger partial charge in [0.2, 0.25) is 0 Å². The van der Waals surface area contributed by atoms with E-state index in [1.54, 1.807) is 0 Å². The molecule has 134 valence electrons. The highest BCUT2D eigenvalue weighted by Crippen LogP contribution is 2.63. The van der Waals surface area contributed by atoms with Gasteiger partial charge in [0.15, 0.2) is 0 Å². The SMILES string of the molecule is Cc1c(Cl)cccc1C1C2CC3CC(C2)CC1(Nc1nnno1)C3.Cl. The van der Waals surface area contributed by atoms with E-state index in [2.05, 4.69) is 40.0 Å². The van der Waals surface area contributed by atoms with Crippen molar-refractivity contribution in [3.8, 4) is 0 Å². The third-order valence-corrected chi connectivity index (χ3v) is 7.02. The smallest absolute Gasteiger partial charge is 0.330 e. The van der Waals surface area contributed by atoms with Crippen LogP contribution >= 0.6 is 24.0 Å². The summed E-state index contributed by atoms with van der Waals surface area (Å²) in [6, 6.07) is 6.77. The molecule has 5 nitrogen and oxygen atoms in total. The van der Waals surface area contributed by atoms with Gasteiger partial charge >= 0.3 is 6.01 Å². The molecule has 25 heavy (non-hydrogen) atoms. The summed E-state index contributed by atoms with van der Waals surface area (Å²) in [4.78, 5) is 0. The summed E-state index contributed by atoms with van der Waals surface area (Å²) < 4.78 is 5.20. The third-order valence-electron chi connectivity index (χ3n) is 6.61. The van der Waals surface area contributed by atoms with Gasteiger partial charge in [0.1, 0.15) is 0 Å². The summed E-state index contributed by atoms with van der Waals surface area (Å²) >= 11 is 6.44. The van der Waals surface area contributed by atoms with E-state index in [9.17, 15) is 0 Å². The molecule has 0 radical (unpaired) electrons. The van der Waals surface area contributed by atoms with Crippen LogP contribution in [0.25, 0.3) is 0 Å². The van der Waals surface area contributed by atoms with Gasteiger partial charge in [-0.25, -0.2) is 0 Å². The Hall–Kier alpha value is -1.33. The van der Waals surface area contributed by atoms with E-state index in [4.69, 9.17) is 16.1 Å². The first-order valence-corrected chi connectivity index (χ1v) is 9.21. The van der Waals surface area contributed by atoms with Crippen LogP contribution in [0.5, 0.6) is 0 Å². The minimum Gasteiger partial charge on any atom is -0.330 e. The van der Waals surface area contributed by atoms with Gasteiger partial charge in [0.05, 0.1) is 5.27 Å². The van der Waals surface area contributed by atoms with Crippen LogP contribution in [0.15, 0.2) is 22.7 Å². The first kappa shape index (κ1) is 17.1. The molecule has 6 rings (SSSR count). The molecule has 1 aromatic carbocycles. The van der Waals surface area contributed by atoms with E-state index in [1.165, 1.54) is 43.2 Å². The second-order valence-corrected chi connectivity index (χ2v) is 8.40. The summed E-state index contributed by atoms with van der Waals surface area (Å²) in [7, 11) is 0. The van der Waals surface area contributed by atoms with Crippen LogP contribution in [0.2, 0.25) is 5.02 Å². The predicted octanol–water partition coefficient (Wildman–Crippen LogP) is 4.62. The fourth-order valence-electron chi connectivity index (χ4n) is 6.13. The summed E-state index contributed by atoms with van der Waals surface area (Å²) in [5, 5.41) is 15.6. The van der Waals surface area contributed by atoms with Gasteiger partial charge in [0, 0.05) is 16.5 Å². The van der Waals surface area contributed by atoms with Crippen molar-refractivity contribution in [2.75, 3.05) is 5.32 Å². The Bertz CT molecular complexity index is 752. The molecule has 3 atom stereocenters. The van der Waals surface area contributed by atoms with Gasteiger partial charge in [-0.1, -0.05) is 28.8 Å². The summed E-state index contributed by atoms with van der Waals surface area (Å²) in [5.41, 5.74) is 2.58. The number of nitrogens with one attached hydrogen (secondary N) is 1. The first-order valence-electron chi connectivity index (χ1n) is 8.83. The second-order valence-electron chi connectivity index (χ2n) is 7.99. The van der Waals surface area contributed by atoms with Crippen LogP contribution < -0.4 is 5.32 Å². The highest BCUT2D eigenvalue weighted by atomic mass is 35.5. The Morgan fingerprint density at radius 2 is 1.96 bits per heavy atom. The average molecular weight is 381 g/mol. The number of rotatable bonds is 3. The molecule has 0 saturated heterocycles. The molecule has 0 spiro atoms. The number of anilines is 1. The van der Waals surface area contributed by atoms with E-state index in [-0.39, 0.29) is 17.9 Å². The zero-order valence-corrected chi connectivity index (χ0v) is 15.7. The highest BCUT2D eigenvalue weighted by molar-refractivity contribution is 6.31. The Morgan fingerprint density at radius 3 is 2.64 bits per heavy atom. The molecular weight excluding hydrogens is 359 g/mol. The molecule has 4 bridgehead atoms. The maximum atomic E-state index is 6.44. The van der Waals surface area contributed by atoms with Crippen molar-refractivity contribution in [1.82, 2.24) is 15.6 Å². The maximum Gasteiger partial charge on any atom is 0.342 e. The summed E-state index contributed by atoms with van der Waals surface area (Å²) in [6.07, 6.45) is 6.37. The molecule has 7 heteroatoms. The fraction of sp³-hybridized carbons (Fsp3) is 0.611. The van der Waals surface area contributed by atoms with E-state index in [0.29, 0.717) is 17.9 Å². The molecular formula is C18H22Cl2N4O. The third kappa shape index (κ3) is 2.63. The van der Waals surface area contributed by atoms with Crippen molar-refractivity contribution in [2.24, 2.45) is 17.8 Å². The molecule has 4 aliphatic rings. The van der Waals surface area contributed by atoms with Gasteiger partial charge in [-0.2, -0.15) is 0 Å². The number of halogens is 2. The monoisotopic (exact) mass is 380 g/mol. The number of hydrogen-bond acceptors (Lipinski definition) is 5. The predicted molar refractivity (Wildman–Crippen MR) is 98.2 cm³/mol. The van der Waals surface area contributed by atoms with Gasteiger partial charge < -0.3 is 5.32 Å². The normalized spacial score (nSPS) is 35.4. The lowest BCUT2D eigenvalue weighted by Crippen LogP contribution is -2.60. The van der Waals surface area contributed by atoms with Crippen LogP contribution in [0.3, 0.4) is 0 Å². The van der Waals surface area contributed by atoms with Crippen molar-refractivity contribution in [1.29, 1.82) is 0 Å². The van der Waals surface area contributed by atoms with Crippen molar-refractivity contribution < 1.29 is 4.52 Å². The maximum absolute atomic E-state index is 6.44. The van der Waals surface area contributed by atoms with Crippen LogP contribution in [-0.4, -0.2) is 21.1 Å². The minimum absolute atomic E-state index is 0. The Kier molecular flexibility index (Phi) is 4.19. The van der Waals surface area contributed by atoms with Crippen molar-refractivity contribution in [2.45, 2.75) is 50.5 Å². The van der Waals surface area contributed by atoms with Gasteiger partial charge in [-0.05, 0) is 79.2 Å². The number of aromatic nitrogens is 3. The standard InChI is InChI=1S/C18H21ClN4O.ClH/c1-10-14(3-2-4-15(10)19)16-13-6-11-5-12(7-13)9-18(16,8-11)20-17-21-22-23-24-17;/h2-4,11-13,16H,5-9H2,1H3,(H,20,21,23);1H. The van der Waals surface area contributed by atoms with Crippen molar-refractivity contribution in [3.63, 3.8) is 0 Å². The lowest BCUT2D eigenvalue weighted by atomic mass is 9.47. The van der Waals surface area contributed by atoms with E-state index in [0.717, 1.165) is 16.9 Å². The molecule has 4 aliphatic carbocycles. The largest absolute Gasteiger partial charge is 0.342 e. The molecule has 1 N–H and O–H groups in total. The molecule has 4 fully saturated rings. The summed E-state index contributed by atoms with van der Waals surface area (Å²) in [6.45, 7) is 2.14. The highest BCUT2D eigenvalue weighted by Gasteiger charge is 2.58. The zero-order valence-electron chi connectivity index (χ0n) is 14.1. The van der Waals surface area contributed by atoms with Gasteiger partial charge in [-0.3, -0.25) is 4.52 Å². The van der Waals surface area contributed by atoms with Crippen LogP contribution in [0.1, 0.15) is 49.1 Å². The van der Waals surface area contributed by atoms with Crippen LogP contribution in [0, 0.1) is 24.7 Å². The van der Waals surface area contributed by atoms with Crippen LogP contribution in [-0.2, 0) is 0 Å². The number of nitrogens with zero attached hydrogens (tertiary/aromatic N) is 3. The van der Waals surface area contributed by atoms with Crippen LogP contribution in [0.4, 0.5) is 6.01 Å². The minimum atomic E-state index is -0.0155. The fourth-order valence-corrected chi connectivity index (χ4v) is 6.31. The molecule has 0 amide bonds. The second kappa shape index (κ2) is 6.13. The van der Waals surface area contributed by atoms with E-state index < -0.39 is 0 Å². The van der Waals surface area contributed by atoms with Gasteiger partial charge in [-0.15, -0.1) is 12.4 Å². The molecule has 3 unspecified atom stereocenters. The quantitative estimate of drug-likeness (QED) is 0.840. The van der Waals surface area contributed by atoms with E-state index >= 15 is 0 Å². The molecule has 1 aromatic heterocycles. The Morgan fingerprint density at radius 1 is 1.20 bits per heavy atom. The Balaban J connectivity index is 0.00000157. The molecule has 2 aromatic rings. The first-order chi connectivity index (χ1) is 11.6. The molecule has 0 aliphatic heterocycles. The van der Waals surface area contributed by atoms with E-state index in [1.807, 2.05) is 6.07 Å². The number of benzene rings is 1. The summed E-state index contributed by atoms with van der Waals surface area (Å²) in [5.74, 6) is 2.76. The topological polar surface area (TPSA) is 63.8 Å². The molecule has 1 heterocycles. The molecule has 4 saturated carbocycles. The van der Waals surface area contributed by atoms with Crippen molar-refractivity contribution >= 4 is 30.0 Å². The average Bonchev–Trinajstić information content (AvgIpc) is 3.02. The lowest BCUT2D eigenvalue weighted by molar-refractivity contribution is -0.0131. The number of hydrogen-bond donors (Lipinski definition) is 1. The lowest BCUT2D eigenvalue weighted by Gasteiger charge is -2.61. The van der Waals surface area contributed by atoms with Gasteiger partial charge in [0.25, 0.3) is 0 Å².